The van der Waals surface area contributed by atoms with Gasteiger partial charge >= 0.3 is 0 Å². The van der Waals surface area contributed by atoms with Gasteiger partial charge in [0.15, 0.2) is 0 Å². The molecule has 0 fully saturated rings. The van der Waals surface area contributed by atoms with E-state index < -0.39 is 0 Å². The van der Waals surface area contributed by atoms with Gasteiger partial charge in [-0.15, -0.1) is 0 Å². The highest BCUT2D eigenvalue weighted by Gasteiger charge is 2.27. The Labute approximate surface area is 114 Å². The minimum Gasteiger partial charge on any atom is -0.0876 e. The Morgan fingerprint density at radius 3 is 1.61 bits per heavy atom. The molecule has 0 aromatic rings. The van der Waals surface area contributed by atoms with Crippen LogP contribution in [0.1, 0.15) is 73.1 Å². The SMILES string of the molecule is CCC/C=C\C1C(CC)=C(CC)C(CC)=C1CC. The first kappa shape index (κ1) is 15.3. The zero-order chi connectivity index (χ0) is 13.5. The molecule has 102 valence electrons. The lowest BCUT2D eigenvalue weighted by Gasteiger charge is -2.14. The number of unbranched alkanes of at least 4 members (excludes halogenated alkanes) is 1. The summed E-state index contributed by atoms with van der Waals surface area (Å²) < 4.78 is 0. The second kappa shape index (κ2) is 7.61. The maximum absolute atomic E-state index is 2.47. The van der Waals surface area contributed by atoms with Gasteiger partial charge in [0, 0.05) is 5.92 Å². The monoisotopic (exact) mass is 246 g/mol. The molecule has 1 rings (SSSR count). The first-order chi connectivity index (χ1) is 8.74. The molecule has 0 bridgehead atoms. The van der Waals surface area contributed by atoms with Gasteiger partial charge in [-0.05, 0) is 43.3 Å². The number of allylic oxidation sites excluding steroid dienone is 6. The minimum absolute atomic E-state index is 0.622. The van der Waals surface area contributed by atoms with Crippen LogP contribution in [0.15, 0.2) is 34.4 Å². The van der Waals surface area contributed by atoms with E-state index in [0.717, 1.165) is 0 Å². The third kappa shape index (κ3) is 2.96. The van der Waals surface area contributed by atoms with Crippen molar-refractivity contribution in [3.8, 4) is 0 Å². The van der Waals surface area contributed by atoms with Crippen LogP contribution in [0, 0.1) is 5.92 Å². The third-order valence-corrected chi connectivity index (χ3v) is 4.14. The topological polar surface area (TPSA) is 0 Å². The number of rotatable bonds is 7. The van der Waals surface area contributed by atoms with Crippen LogP contribution >= 0.6 is 0 Å². The van der Waals surface area contributed by atoms with Gasteiger partial charge in [0.05, 0.1) is 0 Å². The fourth-order valence-electron chi connectivity index (χ4n) is 3.35. The van der Waals surface area contributed by atoms with Crippen LogP contribution < -0.4 is 0 Å². The Hall–Kier alpha value is -0.780. The summed E-state index contributed by atoms with van der Waals surface area (Å²) >= 11 is 0. The molecular formula is C18H30. The maximum atomic E-state index is 2.47. The molecule has 0 saturated heterocycles. The van der Waals surface area contributed by atoms with Gasteiger partial charge in [0.25, 0.3) is 0 Å². The summed E-state index contributed by atoms with van der Waals surface area (Å²) in [7, 11) is 0. The van der Waals surface area contributed by atoms with Crippen molar-refractivity contribution in [3.63, 3.8) is 0 Å². The summed E-state index contributed by atoms with van der Waals surface area (Å²) in [4.78, 5) is 0. The average Bonchev–Trinajstić information content (AvgIpc) is 2.70. The molecule has 0 amide bonds. The van der Waals surface area contributed by atoms with Crippen molar-refractivity contribution >= 4 is 0 Å². The van der Waals surface area contributed by atoms with Crippen molar-refractivity contribution in [1.82, 2.24) is 0 Å². The molecule has 0 saturated carbocycles. The average molecular weight is 246 g/mol. The van der Waals surface area contributed by atoms with Crippen LogP contribution in [0.3, 0.4) is 0 Å². The van der Waals surface area contributed by atoms with Crippen molar-refractivity contribution in [2.45, 2.75) is 73.1 Å². The van der Waals surface area contributed by atoms with Crippen molar-refractivity contribution in [2.75, 3.05) is 0 Å². The second-order valence-corrected chi connectivity index (χ2v) is 5.12. The van der Waals surface area contributed by atoms with Gasteiger partial charge < -0.3 is 0 Å². The zero-order valence-corrected chi connectivity index (χ0v) is 13.0. The molecule has 0 aliphatic heterocycles. The van der Waals surface area contributed by atoms with E-state index in [1.165, 1.54) is 38.5 Å². The van der Waals surface area contributed by atoms with Crippen molar-refractivity contribution in [2.24, 2.45) is 5.92 Å². The molecule has 0 N–H and O–H groups in total. The molecule has 0 unspecified atom stereocenters. The van der Waals surface area contributed by atoms with E-state index in [0.29, 0.717) is 5.92 Å². The normalized spacial score (nSPS) is 17.6. The quantitative estimate of drug-likeness (QED) is 0.469. The van der Waals surface area contributed by atoms with E-state index in [-0.39, 0.29) is 0 Å². The van der Waals surface area contributed by atoms with E-state index in [1.807, 2.05) is 0 Å². The summed E-state index contributed by atoms with van der Waals surface area (Å²) in [5.74, 6) is 0.622. The van der Waals surface area contributed by atoms with Gasteiger partial charge in [-0.3, -0.25) is 0 Å². The zero-order valence-electron chi connectivity index (χ0n) is 13.0. The molecule has 0 aromatic heterocycles. The Morgan fingerprint density at radius 2 is 1.28 bits per heavy atom. The molecular weight excluding hydrogens is 216 g/mol. The van der Waals surface area contributed by atoms with E-state index in [1.54, 1.807) is 22.3 Å². The summed E-state index contributed by atoms with van der Waals surface area (Å²) in [6.07, 6.45) is 12.1. The van der Waals surface area contributed by atoms with Gasteiger partial charge in [0.1, 0.15) is 0 Å². The van der Waals surface area contributed by atoms with E-state index >= 15 is 0 Å². The smallest absolute Gasteiger partial charge is 0.0198 e. The highest BCUT2D eigenvalue weighted by atomic mass is 14.3. The molecule has 0 aromatic carbocycles. The van der Waals surface area contributed by atoms with Crippen molar-refractivity contribution in [1.29, 1.82) is 0 Å². The Balaban J connectivity index is 3.11. The molecule has 18 heavy (non-hydrogen) atoms. The van der Waals surface area contributed by atoms with Crippen molar-refractivity contribution < 1.29 is 0 Å². The van der Waals surface area contributed by atoms with Crippen molar-refractivity contribution in [3.05, 3.63) is 34.4 Å². The third-order valence-electron chi connectivity index (χ3n) is 4.14. The fraction of sp³-hybridized carbons (Fsp3) is 0.667. The number of hydrogen-bond donors (Lipinski definition) is 0. The molecule has 0 atom stereocenters. The summed E-state index contributed by atoms with van der Waals surface area (Å²) in [5.41, 5.74) is 6.73. The van der Waals surface area contributed by atoms with Crippen LogP contribution in [0.4, 0.5) is 0 Å². The largest absolute Gasteiger partial charge is 0.0876 e. The van der Waals surface area contributed by atoms with E-state index in [4.69, 9.17) is 0 Å². The van der Waals surface area contributed by atoms with Crippen LogP contribution in [0.25, 0.3) is 0 Å². The van der Waals surface area contributed by atoms with Crippen LogP contribution in [-0.2, 0) is 0 Å². The molecule has 0 heteroatoms. The highest BCUT2D eigenvalue weighted by molar-refractivity contribution is 5.51. The summed E-state index contributed by atoms with van der Waals surface area (Å²) in [6.45, 7) is 11.5. The first-order valence-electron chi connectivity index (χ1n) is 7.85. The second-order valence-electron chi connectivity index (χ2n) is 5.12. The Bertz CT molecular complexity index is 324. The predicted molar refractivity (Wildman–Crippen MR) is 82.8 cm³/mol. The van der Waals surface area contributed by atoms with Gasteiger partial charge in [-0.2, -0.15) is 0 Å². The Kier molecular flexibility index (Phi) is 6.46. The highest BCUT2D eigenvalue weighted by Crippen LogP contribution is 2.43. The van der Waals surface area contributed by atoms with E-state index in [2.05, 4.69) is 46.8 Å². The Morgan fingerprint density at radius 1 is 0.778 bits per heavy atom. The van der Waals surface area contributed by atoms with Gasteiger partial charge in [0.2, 0.25) is 0 Å². The summed E-state index contributed by atoms with van der Waals surface area (Å²) in [6, 6.07) is 0. The number of hydrogen-bond acceptors (Lipinski definition) is 0. The summed E-state index contributed by atoms with van der Waals surface area (Å²) in [5, 5.41) is 0. The first-order valence-corrected chi connectivity index (χ1v) is 7.85. The minimum atomic E-state index is 0.622. The van der Waals surface area contributed by atoms with Gasteiger partial charge in [-0.1, -0.05) is 64.3 Å². The fourth-order valence-corrected chi connectivity index (χ4v) is 3.35. The van der Waals surface area contributed by atoms with E-state index in [9.17, 15) is 0 Å². The molecule has 1 aliphatic rings. The lowest BCUT2D eigenvalue weighted by Crippen LogP contribution is -2.00. The predicted octanol–water partition coefficient (Wildman–Crippen LogP) is 6.21. The molecule has 1 aliphatic carbocycles. The molecule has 0 nitrogen and oxygen atoms in total. The molecule has 0 heterocycles. The maximum Gasteiger partial charge on any atom is 0.0198 e. The van der Waals surface area contributed by atoms with Crippen LogP contribution in [0.2, 0.25) is 0 Å². The van der Waals surface area contributed by atoms with Crippen LogP contribution in [-0.4, -0.2) is 0 Å². The molecule has 0 radical (unpaired) electrons. The molecule has 0 spiro atoms. The lowest BCUT2D eigenvalue weighted by atomic mass is 9.90. The van der Waals surface area contributed by atoms with Gasteiger partial charge in [-0.25, -0.2) is 0 Å². The standard InChI is InChI=1S/C18H30/c1-6-11-12-13-18-16(9-4)14(7-2)15(8-3)17(18)10-5/h12-13,18H,6-11H2,1-5H3/b13-12-. The van der Waals surface area contributed by atoms with Crippen LogP contribution in [0.5, 0.6) is 0 Å². The lowest BCUT2D eigenvalue weighted by molar-refractivity contribution is 0.798.